The molecular weight excluding hydrogens is 242 g/mol. The number of benzene rings is 1. The molecule has 0 fully saturated rings. The Morgan fingerprint density at radius 2 is 2.26 bits per heavy atom. The highest BCUT2D eigenvalue weighted by atomic mass is 16.5. The van der Waals surface area contributed by atoms with Crippen LogP contribution in [0.15, 0.2) is 28.7 Å². The van der Waals surface area contributed by atoms with Crippen LogP contribution in [-0.2, 0) is 0 Å². The molecule has 2 rings (SSSR count). The van der Waals surface area contributed by atoms with Crippen LogP contribution in [0.25, 0.3) is 11.0 Å². The van der Waals surface area contributed by atoms with Gasteiger partial charge in [0.25, 0.3) is 0 Å². The standard InChI is InChI=1S/C15H15NO3/c1-4-7-16(2)10-13(17)15-8-11-5-6-12(18-3)9-14(11)19-15/h1,5-6,8-9H,7,10H2,2-3H3. The lowest BCUT2D eigenvalue weighted by Gasteiger charge is -2.10. The van der Waals surface area contributed by atoms with Gasteiger partial charge in [0.05, 0.1) is 20.2 Å². The third-order valence-corrected chi connectivity index (χ3v) is 2.78. The van der Waals surface area contributed by atoms with E-state index in [2.05, 4.69) is 5.92 Å². The molecule has 2 aromatic rings. The number of hydrogen-bond donors (Lipinski definition) is 0. The molecule has 0 saturated heterocycles. The third-order valence-electron chi connectivity index (χ3n) is 2.78. The normalized spacial score (nSPS) is 10.6. The van der Waals surface area contributed by atoms with E-state index in [9.17, 15) is 4.79 Å². The molecule has 4 nitrogen and oxygen atoms in total. The quantitative estimate of drug-likeness (QED) is 0.608. The minimum absolute atomic E-state index is 0.0899. The van der Waals surface area contributed by atoms with Gasteiger partial charge in [0.1, 0.15) is 11.3 Å². The second-order valence-electron chi connectivity index (χ2n) is 4.31. The average Bonchev–Trinajstić information content (AvgIpc) is 2.81. The van der Waals surface area contributed by atoms with Crippen LogP contribution >= 0.6 is 0 Å². The summed E-state index contributed by atoms with van der Waals surface area (Å²) in [6.45, 7) is 0.668. The predicted molar refractivity (Wildman–Crippen MR) is 73.4 cm³/mol. The molecule has 0 aliphatic carbocycles. The maximum atomic E-state index is 12.0. The van der Waals surface area contributed by atoms with Gasteiger partial charge in [-0.2, -0.15) is 0 Å². The zero-order valence-corrected chi connectivity index (χ0v) is 11.0. The van der Waals surface area contributed by atoms with Crippen LogP contribution in [0.2, 0.25) is 0 Å². The van der Waals surface area contributed by atoms with Gasteiger partial charge in [-0.1, -0.05) is 5.92 Å². The lowest BCUT2D eigenvalue weighted by Crippen LogP contribution is -2.26. The van der Waals surface area contributed by atoms with Gasteiger partial charge in [0.2, 0.25) is 5.78 Å². The van der Waals surface area contributed by atoms with Crippen molar-refractivity contribution < 1.29 is 13.9 Å². The topological polar surface area (TPSA) is 42.7 Å². The van der Waals surface area contributed by atoms with Crippen LogP contribution in [0.5, 0.6) is 5.75 Å². The van der Waals surface area contributed by atoms with Crippen molar-refractivity contribution in [1.29, 1.82) is 0 Å². The SMILES string of the molecule is C#CCN(C)CC(=O)c1cc2ccc(OC)cc2o1. The molecule has 0 bridgehead atoms. The lowest BCUT2D eigenvalue weighted by atomic mass is 10.2. The summed E-state index contributed by atoms with van der Waals surface area (Å²) in [6, 6.07) is 7.19. The minimum Gasteiger partial charge on any atom is -0.497 e. The molecule has 0 spiro atoms. The number of Topliss-reactive ketones (excluding diaryl/α,β-unsaturated/α-hetero) is 1. The fourth-order valence-corrected chi connectivity index (χ4v) is 1.81. The molecule has 98 valence electrons. The molecule has 1 heterocycles. The monoisotopic (exact) mass is 257 g/mol. The first-order valence-corrected chi connectivity index (χ1v) is 5.87. The highest BCUT2D eigenvalue weighted by Gasteiger charge is 2.14. The van der Waals surface area contributed by atoms with E-state index in [-0.39, 0.29) is 12.3 Å². The Hall–Kier alpha value is -2.25. The third kappa shape index (κ3) is 2.95. The molecule has 0 saturated carbocycles. The molecule has 0 unspecified atom stereocenters. The van der Waals surface area contributed by atoms with E-state index in [4.69, 9.17) is 15.6 Å². The summed E-state index contributed by atoms with van der Waals surface area (Å²) in [7, 11) is 3.38. The number of carbonyl (C=O) groups excluding carboxylic acids is 1. The first-order chi connectivity index (χ1) is 9.13. The second kappa shape index (κ2) is 5.59. The van der Waals surface area contributed by atoms with Crippen LogP contribution < -0.4 is 4.74 Å². The Labute approximate surface area is 111 Å². The van der Waals surface area contributed by atoms with E-state index in [1.807, 2.05) is 12.1 Å². The maximum absolute atomic E-state index is 12.0. The summed E-state index contributed by atoms with van der Waals surface area (Å²) in [4.78, 5) is 13.8. The molecule has 1 aromatic heterocycles. The zero-order chi connectivity index (χ0) is 13.8. The van der Waals surface area contributed by atoms with E-state index >= 15 is 0 Å². The molecule has 0 aliphatic rings. The van der Waals surface area contributed by atoms with Crippen molar-refractivity contribution in [3.63, 3.8) is 0 Å². The zero-order valence-electron chi connectivity index (χ0n) is 11.0. The number of nitrogens with zero attached hydrogens (tertiary/aromatic N) is 1. The molecule has 0 atom stereocenters. The van der Waals surface area contributed by atoms with Crippen LogP contribution in [0, 0.1) is 12.3 Å². The Morgan fingerprint density at radius 1 is 1.47 bits per heavy atom. The predicted octanol–water partition coefficient (Wildman–Crippen LogP) is 2.19. The molecule has 4 heteroatoms. The molecule has 0 aliphatic heterocycles. The largest absolute Gasteiger partial charge is 0.497 e. The first kappa shape index (κ1) is 13.2. The van der Waals surface area contributed by atoms with E-state index in [1.54, 1.807) is 31.2 Å². The number of carbonyl (C=O) groups is 1. The van der Waals surface area contributed by atoms with Crippen molar-refractivity contribution in [3.8, 4) is 18.1 Å². The maximum Gasteiger partial charge on any atom is 0.211 e. The van der Waals surface area contributed by atoms with Gasteiger partial charge in [-0.3, -0.25) is 9.69 Å². The van der Waals surface area contributed by atoms with Gasteiger partial charge in [-0.05, 0) is 25.2 Å². The lowest BCUT2D eigenvalue weighted by molar-refractivity contribution is 0.0927. The summed E-state index contributed by atoms with van der Waals surface area (Å²) in [5.74, 6) is 3.44. The van der Waals surface area contributed by atoms with Crippen LogP contribution in [-0.4, -0.2) is 37.9 Å². The van der Waals surface area contributed by atoms with Gasteiger partial charge in [0.15, 0.2) is 5.76 Å². The Kier molecular flexibility index (Phi) is 3.88. The summed E-state index contributed by atoms with van der Waals surface area (Å²) >= 11 is 0. The van der Waals surface area contributed by atoms with Gasteiger partial charge in [-0.25, -0.2) is 0 Å². The van der Waals surface area contributed by atoms with E-state index in [0.717, 1.165) is 5.39 Å². The molecule has 19 heavy (non-hydrogen) atoms. The van der Waals surface area contributed by atoms with Gasteiger partial charge in [0, 0.05) is 11.5 Å². The number of methoxy groups -OCH3 is 1. The summed E-state index contributed by atoms with van der Waals surface area (Å²) < 4.78 is 10.7. The molecule has 0 radical (unpaired) electrons. The number of fused-ring (bicyclic) bond motifs is 1. The smallest absolute Gasteiger partial charge is 0.211 e. The fourth-order valence-electron chi connectivity index (χ4n) is 1.81. The Bertz CT molecular complexity index is 636. The van der Waals surface area contributed by atoms with Gasteiger partial charge < -0.3 is 9.15 Å². The fraction of sp³-hybridized carbons (Fsp3) is 0.267. The van der Waals surface area contributed by atoms with Gasteiger partial charge >= 0.3 is 0 Å². The molecule has 0 amide bonds. The molecular formula is C15H15NO3. The summed E-state index contributed by atoms with van der Waals surface area (Å²) in [5.41, 5.74) is 0.641. The van der Waals surface area contributed by atoms with E-state index < -0.39 is 0 Å². The number of furan rings is 1. The average molecular weight is 257 g/mol. The number of likely N-dealkylation sites (N-methyl/N-ethyl adjacent to an activating group) is 1. The van der Waals surface area contributed by atoms with Gasteiger partial charge in [-0.15, -0.1) is 6.42 Å². The second-order valence-corrected chi connectivity index (χ2v) is 4.31. The summed E-state index contributed by atoms with van der Waals surface area (Å²) in [5, 5.41) is 0.878. The Balaban J connectivity index is 2.21. The van der Waals surface area contributed by atoms with Crippen molar-refractivity contribution in [2.75, 3.05) is 27.2 Å². The van der Waals surface area contributed by atoms with E-state index in [0.29, 0.717) is 23.6 Å². The van der Waals surface area contributed by atoms with Crippen LogP contribution in [0.1, 0.15) is 10.6 Å². The van der Waals surface area contributed by atoms with E-state index in [1.165, 1.54) is 0 Å². The Morgan fingerprint density at radius 3 is 2.95 bits per heavy atom. The number of rotatable bonds is 5. The van der Waals surface area contributed by atoms with Crippen molar-refractivity contribution in [2.45, 2.75) is 0 Å². The van der Waals surface area contributed by atoms with Crippen LogP contribution in [0.4, 0.5) is 0 Å². The highest BCUT2D eigenvalue weighted by molar-refractivity contribution is 5.99. The van der Waals surface area contributed by atoms with Crippen molar-refractivity contribution in [2.24, 2.45) is 0 Å². The number of ether oxygens (including phenoxy) is 1. The number of terminal acetylenes is 1. The molecule has 1 aromatic carbocycles. The van der Waals surface area contributed by atoms with Crippen molar-refractivity contribution in [1.82, 2.24) is 4.90 Å². The van der Waals surface area contributed by atoms with Crippen molar-refractivity contribution in [3.05, 3.63) is 30.0 Å². The minimum atomic E-state index is -0.0899. The van der Waals surface area contributed by atoms with Crippen molar-refractivity contribution >= 4 is 16.8 Å². The highest BCUT2D eigenvalue weighted by Crippen LogP contribution is 2.24. The van der Waals surface area contributed by atoms with Crippen LogP contribution in [0.3, 0.4) is 0 Å². The number of ketones is 1. The first-order valence-electron chi connectivity index (χ1n) is 5.87. The molecule has 0 N–H and O–H groups in total. The number of hydrogen-bond acceptors (Lipinski definition) is 4. The summed E-state index contributed by atoms with van der Waals surface area (Å²) in [6.07, 6.45) is 5.20.